The molecule has 156 valence electrons. The van der Waals surface area contributed by atoms with Gasteiger partial charge in [0.15, 0.2) is 11.5 Å². The Morgan fingerprint density at radius 1 is 1.10 bits per heavy atom. The van der Waals surface area contributed by atoms with Gasteiger partial charge in [-0.05, 0) is 17.7 Å². The summed E-state index contributed by atoms with van der Waals surface area (Å²) in [4.78, 5) is 38.1. The molecule has 0 aliphatic heterocycles. The van der Waals surface area contributed by atoms with Gasteiger partial charge in [-0.3, -0.25) is 19.7 Å². The number of hydrogen-bond donors (Lipinski definition) is 2. The highest BCUT2D eigenvalue weighted by molar-refractivity contribution is 6.08. The summed E-state index contributed by atoms with van der Waals surface area (Å²) in [5.74, 6) is -0.396. The van der Waals surface area contributed by atoms with Crippen LogP contribution in [0.2, 0.25) is 0 Å². The van der Waals surface area contributed by atoms with E-state index in [2.05, 4.69) is 10.3 Å². The van der Waals surface area contributed by atoms with Gasteiger partial charge in [0.05, 0.1) is 37.3 Å². The SMILES string of the molecule is COCc1cc(=O)[nH]c2cc(NC(=O)c3cc(OC)c(OC)cc3[N+](=O)[O-])ccc12. The Bertz CT molecular complexity index is 1190. The highest BCUT2D eigenvalue weighted by Gasteiger charge is 2.24. The maximum Gasteiger partial charge on any atom is 0.286 e. The number of carbonyl (C=O) groups is 1. The van der Waals surface area contributed by atoms with Gasteiger partial charge in [-0.15, -0.1) is 0 Å². The number of hydrogen-bond acceptors (Lipinski definition) is 7. The maximum absolute atomic E-state index is 12.8. The van der Waals surface area contributed by atoms with E-state index in [4.69, 9.17) is 14.2 Å². The number of nitrogens with one attached hydrogen (secondary N) is 2. The van der Waals surface area contributed by atoms with Crippen LogP contribution in [-0.4, -0.2) is 37.1 Å². The third kappa shape index (κ3) is 4.08. The van der Waals surface area contributed by atoms with Crippen LogP contribution in [-0.2, 0) is 11.3 Å². The molecule has 0 unspecified atom stereocenters. The predicted molar refractivity (Wildman–Crippen MR) is 109 cm³/mol. The number of amides is 1. The molecule has 0 bridgehead atoms. The highest BCUT2D eigenvalue weighted by Crippen LogP contribution is 2.35. The van der Waals surface area contributed by atoms with Crippen LogP contribution in [0.25, 0.3) is 10.9 Å². The number of fused-ring (bicyclic) bond motifs is 1. The molecule has 10 nitrogen and oxygen atoms in total. The van der Waals surface area contributed by atoms with Crippen LogP contribution in [0.4, 0.5) is 11.4 Å². The number of methoxy groups -OCH3 is 3. The fourth-order valence-corrected chi connectivity index (χ4v) is 3.08. The van der Waals surface area contributed by atoms with Crippen molar-refractivity contribution in [2.45, 2.75) is 6.61 Å². The van der Waals surface area contributed by atoms with Crippen LogP contribution in [0.1, 0.15) is 15.9 Å². The molecule has 3 rings (SSSR count). The fraction of sp³-hybridized carbons (Fsp3) is 0.200. The zero-order valence-electron chi connectivity index (χ0n) is 16.5. The average molecular weight is 413 g/mol. The molecule has 0 aliphatic carbocycles. The molecule has 0 spiro atoms. The number of carbonyl (C=O) groups excluding carboxylic acids is 1. The summed E-state index contributed by atoms with van der Waals surface area (Å²) in [7, 11) is 4.23. The number of H-pyrrole nitrogens is 1. The Morgan fingerprint density at radius 2 is 1.80 bits per heavy atom. The number of nitro groups is 1. The largest absolute Gasteiger partial charge is 0.493 e. The maximum atomic E-state index is 12.8. The molecule has 0 atom stereocenters. The Balaban J connectivity index is 2.00. The summed E-state index contributed by atoms with van der Waals surface area (Å²) in [6, 6.07) is 8.73. The van der Waals surface area contributed by atoms with Crippen molar-refractivity contribution in [3.05, 3.63) is 68.0 Å². The Labute approximate surface area is 170 Å². The number of aromatic amines is 1. The first-order valence-electron chi connectivity index (χ1n) is 8.74. The van der Waals surface area contributed by atoms with Gasteiger partial charge in [0, 0.05) is 30.3 Å². The van der Waals surface area contributed by atoms with Crippen LogP contribution in [0, 0.1) is 10.1 Å². The highest BCUT2D eigenvalue weighted by atomic mass is 16.6. The first-order chi connectivity index (χ1) is 14.4. The number of aromatic nitrogens is 1. The van der Waals surface area contributed by atoms with Crippen LogP contribution < -0.4 is 20.3 Å². The average Bonchev–Trinajstić information content (AvgIpc) is 2.72. The molecule has 2 N–H and O–H groups in total. The van der Waals surface area contributed by atoms with Gasteiger partial charge in [0.25, 0.3) is 11.6 Å². The molecule has 1 aromatic heterocycles. The normalized spacial score (nSPS) is 10.6. The number of nitro benzene ring substituents is 1. The van der Waals surface area contributed by atoms with Crippen LogP contribution in [0.15, 0.2) is 41.2 Å². The molecular weight excluding hydrogens is 394 g/mol. The summed E-state index contributed by atoms with van der Waals surface area (Å²) in [6.07, 6.45) is 0. The van der Waals surface area contributed by atoms with Crippen molar-refractivity contribution < 1.29 is 23.9 Å². The molecule has 3 aromatic rings. The van der Waals surface area contributed by atoms with Crippen LogP contribution in [0.3, 0.4) is 0 Å². The molecule has 0 fully saturated rings. The summed E-state index contributed by atoms with van der Waals surface area (Å²) < 4.78 is 15.3. The van der Waals surface area contributed by atoms with Crippen molar-refractivity contribution >= 4 is 28.2 Å². The van der Waals surface area contributed by atoms with Gasteiger partial charge in [0.2, 0.25) is 5.56 Å². The number of pyridine rings is 1. The zero-order valence-corrected chi connectivity index (χ0v) is 16.5. The smallest absolute Gasteiger partial charge is 0.286 e. The Hall–Kier alpha value is -3.92. The monoisotopic (exact) mass is 413 g/mol. The van der Waals surface area contributed by atoms with E-state index in [1.807, 2.05) is 0 Å². The lowest BCUT2D eigenvalue weighted by Crippen LogP contribution is -2.15. The number of ether oxygens (including phenoxy) is 3. The lowest BCUT2D eigenvalue weighted by atomic mass is 10.1. The quantitative estimate of drug-likeness (QED) is 0.449. The molecule has 1 amide bonds. The first kappa shape index (κ1) is 20.8. The molecule has 0 saturated heterocycles. The van der Waals surface area contributed by atoms with E-state index in [9.17, 15) is 19.7 Å². The van der Waals surface area contributed by atoms with Gasteiger partial charge >= 0.3 is 0 Å². The predicted octanol–water partition coefficient (Wildman–Crippen LogP) is 2.85. The summed E-state index contributed by atoms with van der Waals surface area (Å²) in [6.45, 7) is 0.254. The summed E-state index contributed by atoms with van der Waals surface area (Å²) in [5.41, 5.74) is 0.607. The van der Waals surface area contributed by atoms with Crippen molar-refractivity contribution in [2.24, 2.45) is 0 Å². The molecule has 0 radical (unpaired) electrons. The summed E-state index contributed by atoms with van der Waals surface area (Å²) in [5, 5.41) is 14.8. The van der Waals surface area contributed by atoms with Crippen molar-refractivity contribution in [1.29, 1.82) is 0 Å². The van der Waals surface area contributed by atoms with E-state index < -0.39 is 16.5 Å². The van der Waals surface area contributed by atoms with E-state index in [1.54, 1.807) is 18.2 Å². The summed E-state index contributed by atoms with van der Waals surface area (Å²) >= 11 is 0. The van der Waals surface area contributed by atoms with Gasteiger partial charge < -0.3 is 24.5 Å². The van der Waals surface area contributed by atoms with Gasteiger partial charge in [-0.2, -0.15) is 0 Å². The Morgan fingerprint density at radius 3 is 2.43 bits per heavy atom. The van der Waals surface area contributed by atoms with E-state index in [-0.39, 0.29) is 29.2 Å². The molecule has 1 heterocycles. The standard InChI is InChI=1S/C20H19N3O7/c1-28-10-11-6-19(24)22-15-7-12(4-5-13(11)15)21-20(25)14-8-17(29-2)18(30-3)9-16(14)23(26)27/h4-9H,10H2,1-3H3,(H,21,25)(H,22,24). The van der Waals surface area contributed by atoms with Gasteiger partial charge in [0.1, 0.15) is 5.56 Å². The number of benzene rings is 2. The van der Waals surface area contributed by atoms with Crippen molar-refractivity contribution in [2.75, 3.05) is 26.6 Å². The first-order valence-corrected chi connectivity index (χ1v) is 8.74. The fourth-order valence-electron chi connectivity index (χ4n) is 3.08. The minimum absolute atomic E-state index is 0.134. The van der Waals surface area contributed by atoms with Crippen LogP contribution >= 0.6 is 0 Å². The van der Waals surface area contributed by atoms with E-state index >= 15 is 0 Å². The van der Waals surface area contributed by atoms with Crippen molar-refractivity contribution in [1.82, 2.24) is 4.98 Å². The number of rotatable bonds is 7. The van der Waals surface area contributed by atoms with E-state index in [1.165, 1.54) is 33.5 Å². The molecule has 2 aromatic carbocycles. The molecule has 30 heavy (non-hydrogen) atoms. The van der Waals surface area contributed by atoms with Crippen molar-refractivity contribution in [3.63, 3.8) is 0 Å². The topological polar surface area (TPSA) is 133 Å². The van der Waals surface area contributed by atoms with Crippen molar-refractivity contribution in [3.8, 4) is 11.5 Å². The lowest BCUT2D eigenvalue weighted by molar-refractivity contribution is -0.385. The molecule has 0 aliphatic rings. The van der Waals surface area contributed by atoms with E-state index in [0.717, 1.165) is 11.5 Å². The number of anilines is 1. The molecular formula is C20H19N3O7. The molecule has 10 heteroatoms. The number of nitrogens with zero attached hydrogens (tertiary/aromatic N) is 1. The second-order valence-corrected chi connectivity index (χ2v) is 6.29. The lowest BCUT2D eigenvalue weighted by Gasteiger charge is -2.12. The minimum Gasteiger partial charge on any atom is -0.493 e. The molecule has 0 saturated carbocycles. The van der Waals surface area contributed by atoms with Gasteiger partial charge in [-0.1, -0.05) is 6.07 Å². The third-order valence-corrected chi connectivity index (χ3v) is 4.43. The zero-order chi connectivity index (χ0) is 21.8. The minimum atomic E-state index is -0.711. The van der Waals surface area contributed by atoms with Gasteiger partial charge in [-0.25, -0.2) is 0 Å². The second-order valence-electron chi connectivity index (χ2n) is 6.29. The van der Waals surface area contributed by atoms with E-state index in [0.29, 0.717) is 16.8 Å². The third-order valence-electron chi connectivity index (χ3n) is 4.43. The second kappa shape index (κ2) is 8.62. The Kier molecular flexibility index (Phi) is 5.98. The van der Waals surface area contributed by atoms with Crippen LogP contribution in [0.5, 0.6) is 11.5 Å².